The zero-order chi connectivity index (χ0) is 21.7. The fourth-order valence-electron chi connectivity index (χ4n) is 4.57. The number of hydrogen-bond acceptors (Lipinski definition) is 4. The van der Waals surface area contributed by atoms with E-state index in [4.69, 9.17) is 4.74 Å². The van der Waals surface area contributed by atoms with Crippen LogP contribution in [0.1, 0.15) is 48.7 Å². The third-order valence-corrected chi connectivity index (χ3v) is 6.27. The number of ether oxygens (including phenoxy) is 1. The molecule has 1 atom stereocenters. The van der Waals surface area contributed by atoms with Crippen LogP contribution in [0, 0.1) is 19.3 Å². The number of rotatable bonds is 7. The topological polar surface area (TPSA) is 64.4 Å². The van der Waals surface area contributed by atoms with E-state index in [1.54, 1.807) is 0 Å². The molecule has 0 aliphatic carbocycles. The highest BCUT2D eigenvalue weighted by Crippen LogP contribution is 2.35. The van der Waals surface area contributed by atoms with Crippen molar-refractivity contribution in [3.05, 3.63) is 52.8 Å². The van der Waals surface area contributed by atoms with Gasteiger partial charge in [0.25, 0.3) is 0 Å². The Labute approximate surface area is 179 Å². The van der Waals surface area contributed by atoms with Crippen molar-refractivity contribution >= 4 is 11.9 Å². The molecule has 2 heterocycles. The minimum absolute atomic E-state index is 0.0964. The zero-order valence-corrected chi connectivity index (χ0v) is 18.6. The first-order chi connectivity index (χ1) is 14.4. The van der Waals surface area contributed by atoms with Gasteiger partial charge in [0.1, 0.15) is 0 Å². The van der Waals surface area contributed by atoms with Gasteiger partial charge in [-0.05, 0) is 57.6 Å². The zero-order valence-electron chi connectivity index (χ0n) is 18.6. The summed E-state index contributed by atoms with van der Waals surface area (Å²) in [5.41, 5.74) is 3.64. The molecule has 3 rings (SSSR count). The van der Waals surface area contributed by atoms with Crippen molar-refractivity contribution in [3.63, 3.8) is 0 Å². The summed E-state index contributed by atoms with van der Waals surface area (Å²) < 4.78 is 7.32. The largest absolute Gasteiger partial charge is 0.466 e. The molecule has 0 saturated carbocycles. The van der Waals surface area contributed by atoms with Crippen LogP contribution >= 0.6 is 0 Å². The lowest BCUT2D eigenvalue weighted by molar-refractivity contribution is -0.160. The van der Waals surface area contributed by atoms with Gasteiger partial charge in [-0.2, -0.15) is 5.10 Å². The van der Waals surface area contributed by atoms with E-state index in [0.29, 0.717) is 39.0 Å². The van der Waals surface area contributed by atoms with Crippen LogP contribution in [0.3, 0.4) is 0 Å². The molecule has 1 saturated heterocycles. The average molecular weight is 412 g/mol. The number of likely N-dealkylation sites (tertiary alicyclic amines) is 1. The Morgan fingerprint density at radius 3 is 2.57 bits per heavy atom. The Morgan fingerprint density at radius 1 is 1.20 bits per heavy atom. The van der Waals surface area contributed by atoms with Gasteiger partial charge < -0.3 is 9.64 Å². The molecule has 1 aliphatic rings. The van der Waals surface area contributed by atoms with Crippen molar-refractivity contribution < 1.29 is 14.3 Å². The smallest absolute Gasteiger partial charge is 0.314 e. The maximum absolute atomic E-state index is 13.1. The maximum atomic E-state index is 13.1. The number of piperidine rings is 1. The molecule has 0 spiro atoms. The van der Waals surface area contributed by atoms with Crippen molar-refractivity contribution in [3.8, 4) is 0 Å². The van der Waals surface area contributed by atoms with Crippen LogP contribution in [-0.2, 0) is 34.2 Å². The molecular weight excluding hydrogens is 378 g/mol. The van der Waals surface area contributed by atoms with Gasteiger partial charge in [0, 0.05) is 32.3 Å². The number of carbonyl (C=O) groups excluding carboxylic acids is 2. The number of nitrogens with zero attached hydrogens (tertiary/aromatic N) is 3. The molecule has 6 nitrogen and oxygen atoms in total. The van der Waals surface area contributed by atoms with E-state index in [2.05, 4.69) is 5.10 Å². The Morgan fingerprint density at radius 2 is 1.93 bits per heavy atom. The third-order valence-electron chi connectivity index (χ3n) is 6.27. The molecule has 30 heavy (non-hydrogen) atoms. The van der Waals surface area contributed by atoms with Crippen LogP contribution in [0.5, 0.6) is 0 Å². The number of aromatic nitrogens is 2. The Kier molecular flexibility index (Phi) is 6.95. The highest BCUT2D eigenvalue weighted by Gasteiger charge is 2.44. The molecular formula is C24H33N3O3. The van der Waals surface area contributed by atoms with Gasteiger partial charge in [0.2, 0.25) is 5.91 Å². The fourth-order valence-corrected chi connectivity index (χ4v) is 4.57. The summed E-state index contributed by atoms with van der Waals surface area (Å²) in [6, 6.07) is 10.0. The minimum atomic E-state index is -0.675. The van der Waals surface area contributed by atoms with E-state index in [0.717, 1.165) is 35.4 Å². The number of amides is 1. The van der Waals surface area contributed by atoms with Crippen molar-refractivity contribution in [2.24, 2.45) is 12.5 Å². The van der Waals surface area contributed by atoms with Crippen molar-refractivity contribution in [2.75, 3.05) is 19.7 Å². The van der Waals surface area contributed by atoms with E-state index in [1.165, 1.54) is 0 Å². The first kappa shape index (κ1) is 22.1. The van der Waals surface area contributed by atoms with Crippen LogP contribution in [0.25, 0.3) is 0 Å². The summed E-state index contributed by atoms with van der Waals surface area (Å²) >= 11 is 0. The van der Waals surface area contributed by atoms with Crippen molar-refractivity contribution in [1.82, 2.24) is 14.7 Å². The normalized spacial score (nSPS) is 19.0. The second-order valence-corrected chi connectivity index (χ2v) is 8.36. The van der Waals surface area contributed by atoms with Gasteiger partial charge in [-0.3, -0.25) is 14.3 Å². The SMILES string of the molecule is CCOC(=O)[C@@]1(Cc2ccccc2)CCCN(C(=O)CCc2c(C)nn(C)c2C)C1. The predicted molar refractivity (Wildman–Crippen MR) is 116 cm³/mol. The highest BCUT2D eigenvalue weighted by atomic mass is 16.5. The third kappa shape index (κ3) is 4.74. The van der Waals surface area contributed by atoms with E-state index < -0.39 is 5.41 Å². The molecule has 1 aliphatic heterocycles. The first-order valence-electron chi connectivity index (χ1n) is 10.8. The molecule has 0 radical (unpaired) electrons. The van der Waals surface area contributed by atoms with Crippen LogP contribution in [-0.4, -0.2) is 46.3 Å². The van der Waals surface area contributed by atoms with E-state index in [9.17, 15) is 9.59 Å². The number of hydrogen-bond donors (Lipinski definition) is 0. The number of esters is 1. The van der Waals surface area contributed by atoms with Gasteiger partial charge in [-0.1, -0.05) is 30.3 Å². The molecule has 162 valence electrons. The summed E-state index contributed by atoms with van der Waals surface area (Å²) in [6.45, 7) is 7.32. The second-order valence-electron chi connectivity index (χ2n) is 8.36. The molecule has 6 heteroatoms. The minimum Gasteiger partial charge on any atom is -0.466 e. The van der Waals surface area contributed by atoms with Crippen molar-refractivity contribution in [2.45, 2.75) is 52.9 Å². The second kappa shape index (κ2) is 9.45. The van der Waals surface area contributed by atoms with E-state index in [-0.39, 0.29) is 11.9 Å². The van der Waals surface area contributed by atoms with E-state index >= 15 is 0 Å². The quantitative estimate of drug-likeness (QED) is 0.655. The molecule has 1 aromatic carbocycles. The number of aryl methyl sites for hydroxylation is 2. The van der Waals surface area contributed by atoms with Crippen LogP contribution in [0.15, 0.2) is 30.3 Å². The summed E-state index contributed by atoms with van der Waals surface area (Å²) in [5.74, 6) is -0.0932. The molecule has 1 aromatic heterocycles. The van der Waals surface area contributed by atoms with Crippen LogP contribution in [0.2, 0.25) is 0 Å². The highest BCUT2D eigenvalue weighted by molar-refractivity contribution is 5.81. The average Bonchev–Trinajstić information content (AvgIpc) is 2.98. The lowest BCUT2D eigenvalue weighted by atomic mass is 9.75. The first-order valence-corrected chi connectivity index (χ1v) is 10.8. The molecule has 1 fully saturated rings. The lowest BCUT2D eigenvalue weighted by Crippen LogP contribution is -2.51. The molecule has 1 amide bonds. The number of benzene rings is 1. The Hall–Kier alpha value is -2.63. The predicted octanol–water partition coefficient (Wildman–Crippen LogP) is 3.38. The summed E-state index contributed by atoms with van der Waals surface area (Å²) in [7, 11) is 1.93. The summed E-state index contributed by atoms with van der Waals surface area (Å²) in [4.78, 5) is 27.9. The van der Waals surface area contributed by atoms with Crippen LogP contribution < -0.4 is 0 Å². The van der Waals surface area contributed by atoms with Gasteiger partial charge in [-0.25, -0.2) is 0 Å². The lowest BCUT2D eigenvalue weighted by Gasteiger charge is -2.41. The molecule has 2 aromatic rings. The Bertz CT molecular complexity index is 891. The monoisotopic (exact) mass is 411 g/mol. The van der Waals surface area contributed by atoms with Gasteiger partial charge in [0.15, 0.2) is 0 Å². The van der Waals surface area contributed by atoms with Gasteiger partial charge in [0.05, 0.1) is 17.7 Å². The van der Waals surface area contributed by atoms with Crippen LogP contribution in [0.4, 0.5) is 0 Å². The fraction of sp³-hybridized carbons (Fsp3) is 0.542. The molecule has 0 N–H and O–H groups in total. The van der Waals surface area contributed by atoms with Gasteiger partial charge in [-0.15, -0.1) is 0 Å². The molecule has 0 bridgehead atoms. The van der Waals surface area contributed by atoms with Gasteiger partial charge >= 0.3 is 5.97 Å². The summed E-state index contributed by atoms with van der Waals surface area (Å²) in [5, 5.41) is 4.45. The molecule has 0 unspecified atom stereocenters. The standard InChI is InChI=1S/C24H33N3O3/c1-5-30-23(29)24(16-20-10-7-6-8-11-20)14-9-15-27(17-24)22(28)13-12-21-18(2)25-26(4)19(21)3/h6-8,10-11H,5,9,12-17H2,1-4H3/t24-/m1/s1. The van der Waals surface area contributed by atoms with E-state index in [1.807, 2.05) is 67.7 Å². The maximum Gasteiger partial charge on any atom is 0.314 e. The Balaban J connectivity index is 1.74. The van der Waals surface area contributed by atoms with Crippen molar-refractivity contribution in [1.29, 1.82) is 0 Å². The number of carbonyl (C=O) groups is 2. The summed E-state index contributed by atoms with van der Waals surface area (Å²) in [6.07, 6.45) is 3.24.